The fraction of sp³-hybridized carbons (Fsp3) is 0.750. The predicted molar refractivity (Wildman–Crippen MR) is 112 cm³/mol. The number of hydrogen-bond donors (Lipinski definition) is 3. The lowest BCUT2D eigenvalue weighted by Gasteiger charge is -2.35. The summed E-state index contributed by atoms with van der Waals surface area (Å²) in [5.41, 5.74) is 2.23. The standard InChI is InChI=1S/C24H40O3/c1-4-5-6-7-14-24(2,3)19-11-13-21(23(27)16-19)22-17-20(26)12-10-18(22)9-8-15-25/h11,13,16,18,20,22,25-27H,4-10,12,14-15,17H2,1-3H3/t18-,20+,22?/m0/s1. The molecule has 1 fully saturated rings. The van der Waals surface area contributed by atoms with Gasteiger partial charge in [-0.05, 0) is 73.0 Å². The Morgan fingerprint density at radius 1 is 1.07 bits per heavy atom. The number of phenols is 1. The van der Waals surface area contributed by atoms with E-state index >= 15 is 0 Å². The Morgan fingerprint density at radius 2 is 1.85 bits per heavy atom. The minimum Gasteiger partial charge on any atom is -0.508 e. The number of hydrogen-bond acceptors (Lipinski definition) is 3. The quantitative estimate of drug-likeness (QED) is 0.462. The zero-order valence-corrected chi connectivity index (χ0v) is 17.6. The molecule has 1 saturated carbocycles. The number of unbranched alkanes of at least 4 members (excludes halogenated alkanes) is 3. The third-order valence-electron chi connectivity index (χ3n) is 6.57. The van der Waals surface area contributed by atoms with E-state index in [0.717, 1.165) is 37.7 Å². The van der Waals surface area contributed by atoms with Crippen molar-refractivity contribution >= 4 is 0 Å². The van der Waals surface area contributed by atoms with Gasteiger partial charge in [-0.1, -0.05) is 58.6 Å². The first-order chi connectivity index (χ1) is 12.9. The summed E-state index contributed by atoms with van der Waals surface area (Å²) in [6.45, 7) is 6.98. The summed E-state index contributed by atoms with van der Waals surface area (Å²) in [7, 11) is 0. The van der Waals surface area contributed by atoms with E-state index < -0.39 is 0 Å². The van der Waals surface area contributed by atoms with Crippen LogP contribution < -0.4 is 0 Å². The average Bonchev–Trinajstić information content (AvgIpc) is 2.64. The molecule has 0 amide bonds. The monoisotopic (exact) mass is 376 g/mol. The highest BCUT2D eigenvalue weighted by molar-refractivity contribution is 5.42. The molecule has 0 bridgehead atoms. The Bertz CT molecular complexity index is 565. The Balaban J connectivity index is 2.13. The average molecular weight is 377 g/mol. The molecule has 3 nitrogen and oxygen atoms in total. The van der Waals surface area contributed by atoms with Crippen LogP contribution in [0.2, 0.25) is 0 Å². The van der Waals surface area contributed by atoms with E-state index in [9.17, 15) is 15.3 Å². The first-order valence-corrected chi connectivity index (χ1v) is 11.0. The minimum absolute atomic E-state index is 0.0616. The van der Waals surface area contributed by atoms with E-state index in [1.54, 1.807) is 0 Å². The number of benzene rings is 1. The molecule has 0 saturated heterocycles. The normalized spacial score (nSPS) is 23.5. The Morgan fingerprint density at radius 3 is 2.52 bits per heavy atom. The van der Waals surface area contributed by atoms with Gasteiger partial charge in [0.2, 0.25) is 0 Å². The molecule has 3 atom stereocenters. The number of rotatable bonds is 10. The summed E-state index contributed by atoms with van der Waals surface area (Å²) in [6, 6.07) is 6.23. The maximum absolute atomic E-state index is 10.8. The molecule has 154 valence electrons. The van der Waals surface area contributed by atoms with Crippen LogP contribution in [0.5, 0.6) is 5.75 Å². The van der Waals surface area contributed by atoms with Crippen LogP contribution >= 0.6 is 0 Å². The maximum Gasteiger partial charge on any atom is 0.119 e. The molecule has 0 aliphatic heterocycles. The lowest BCUT2D eigenvalue weighted by molar-refractivity contribution is 0.0879. The number of phenolic OH excluding ortho intramolecular Hbond substituents is 1. The molecule has 1 aromatic carbocycles. The van der Waals surface area contributed by atoms with E-state index in [4.69, 9.17) is 0 Å². The molecular weight excluding hydrogens is 336 g/mol. The molecular formula is C24H40O3. The van der Waals surface area contributed by atoms with Crippen molar-refractivity contribution in [1.82, 2.24) is 0 Å². The third kappa shape index (κ3) is 6.22. The first-order valence-electron chi connectivity index (χ1n) is 11.0. The molecule has 3 N–H and O–H groups in total. The van der Waals surface area contributed by atoms with E-state index in [2.05, 4.69) is 32.9 Å². The number of aromatic hydroxyl groups is 1. The second-order valence-corrected chi connectivity index (χ2v) is 9.17. The molecule has 3 heteroatoms. The second-order valence-electron chi connectivity index (χ2n) is 9.17. The maximum atomic E-state index is 10.8. The van der Waals surface area contributed by atoms with Gasteiger partial charge in [0.05, 0.1) is 6.10 Å². The van der Waals surface area contributed by atoms with Gasteiger partial charge in [0.25, 0.3) is 0 Å². The van der Waals surface area contributed by atoms with Crippen molar-refractivity contribution in [3.05, 3.63) is 29.3 Å². The Labute approximate surface area is 165 Å². The van der Waals surface area contributed by atoms with Crippen LogP contribution in [0.15, 0.2) is 18.2 Å². The van der Waals surface area contributed by atoms with Crippen LogP contribution in [0.25, 0.3) is 0 Å². The fourth-order valence-electron chi connectivity index (χ4n) is 4.71. The molecule has 0 aromatic heterocycles. The number of aliphatic hydroxyl groups is 2. The van der Waals surface area contributed by atoms with Gasteiger partial charge in [-0.3, -0.25) is 0 Å². The van der Waals surface area contributed by atoms with Crippen LogP contribution in [0.4, 0.5) is 0 Å². The van der Waals surface area contributed by atoms with Crippen LogP contribution in [-0.2, 0) is 5.41 Å². The highest BCUT2D eigenvalue weighted by Gasteiger charge is 2.32. The summed E-state index contributed by atoms with van der Waals surface area (Å²) in [4.78, 5) is 0. The van der Waals surface area contributed by atoms with Crippen LogP contribution in [0.3, 0.4) is 0 Å². The van der Waals surface area contributed by atoms with Crippen molar-refractivity contribution < 1.29 is 15.3 Å². The van der Waals surface area contributed by atoms with Gasteiger partial charge in [-0.25, -0.2) is 0 Å². The second kappa shape index (κ2) is 10.5. The van der Waals surface area contributed by atoms with Gasteiger partial charge in [0.15, 0.2) is 0 Å². The van der Waals surface area contributed by atoms with Crippen molar-refractivity contribution in [2.24, 2.45) is 5.92 Å². The van der Waals surface area contributed by atoms with Crippen molar-refractivity contribution in [1.29, 1.82) is 0 Å². The first kappa shape index (κ1) is 22.2. The van der Waals surface area contributed by atoms with Crippen LogP contribution in [-0.4, -0.2) is 28.0 Å². The third-order valence-corrected chi connectivity index (χ3v) is 6.57. The molecule has 0 spiro atoms. The van der Waals surface area contributed by atoms with Gasteiger partial charge in [-0.15, -0.1) is 0 Å². The van der Waals surface area contributed by atoms with Crippen LogP contribution in [0, 0.1) is 5.92 Å². The largest absolute Gasteiger partial charge is 0.508 e. The fourth-order valence-corrected chi connectivity index (χ4v) is 4.71. The highest BCUT2D eigenvalue weighted by atomic mass is 16.3. The smallest absolute Gasteiger partial charge is 0.119 e. The summed E-state index contributed by atoms with van der Waals surface area (Å²) in [6.07, 6.45) is 10.1. The summed E-state index contributed by atoms with van der Waals surface area (Å²) in [5, 5.41) is 30.2. The molecule has 0 heterocycles. The zero-order chi connectivity index (χ0) is 19.9. The van der Waals surface area contributed by atoms with Crippen molar-refractivity contribution in [2.45, 2.75) is 102 Å². The molecule has 1 aliphatic rings. The predicted octanol–water partition coefficient (Wildman–Crippen LogP) is 5.66. The summed E-state index contributed by atoms with van der Waals surface area (Å²) < 4.78 is 0. The summed E-state index contributed by atoms with van der Waals surface area (Å²) in [5.74, 6) is 0.989. The van der Waals surface area contributed by atoms with E-state index in [1.807, 2.05) is 6.07 Å². The highest BCUT2D eigenvalue weighted by Crippen LogP contribution is 2.44. The molecule has 0 radical (unpaired) electrons. The molecule has 27 heavy (non-hydrogen) atoms. The van der Waals surface area contributed by atoms with Crippen LogP contribution in [0.1, 0.15) is 102 Å². The minimum atomic E-state index is -0.283. The SMILES string of the molecule is CCCCCCC(C)(C)c1ccc(C2C[C@H](O)CC[C@@H]2CCCO)c(O)c1. The van der Waals surface area contributed by atoms with E-state index in [0.29, 0.717) is 18.1 Å². The zero-order valence-electron chi connectivity index (χ0n) is 17.6. The van der Waals surface area contributed by atoms with E-state index in [1.165, 1.54) is 31.2 Å². The number of aliphatic hydroxyl groups excluding tert-OH is 2. The lowest BCUT2D eigenvalue weighted by atomic mass is 9.71. The van der Waals surface area contributed by atoms with Gasteiger partial charge < -0.3 is 15.3 Å². The van der Waals surface area contributed by atoms with Gasteiger partial charge >= 0.3 is 0 Å². The topological polar surface area (TPSA) is 60.7 Å². The van der Waals surface area contributed by atoms with Gasteiger partial charge in [-0.2, -0.15) is 0 Å². The summed E-state index contributed by atoms with van der Waals surface area (Å²) >= 11 is 0. The van der Waals surface area contributed by atoms with Gasteiger partial charge in [0.1, 0.15) is 5.75 Å². The van der Waals surface area contributed by atoms with Crippen molar-refractivity contribution in [2.75, 3.05) is 6.61 Å². The molecule has 1 aliphatic carbocycles. The van der Waals surface area contributed by atoms with Crippen molar-refractivity contribution in [3.63, 3.8) is 0 Å². The molecule has 1 unspecified atom stereocenters. The van der Waals surface area contributed by atoms with E-state index in [-0.39, 0.29) is 24.0 Å². The lowest BCUT2D eigenvalue weighted by Crippen LogP contribution is -2.27. The molecule has 1 aromatic rings. The van der Waals surface area contributed by atoms with Gasteiger partial charge in [0, 0.05) is 6.61 Å². The molecule has 2 rings (SSSR count). The van der Waals surface area contributed by atoms with Crippen molar-refractivity contribution in [3.8, 4) is 5.75 Å². The Hall–Kier alpha value is -1.06. The Kier molecular flexibility index (Phi) is 8.62.